The standard InChI is InChI=1S/C23H28N2O4S/c1-16(2)29-23(28)13-20(18-9-5-4-6-10-18)25-22(27)15-30-14-21(26)24-19-11-7-8-17(3)12-19/h4-12,16,20H,13-15H2,1-3H3,(H,24,26)(H,25,27). The number of hydrogen-bond donors (Lipinski definition) is 2. The van der Waals surface area contributed by atoms with Crippen LogP contribution in [0.4, 0.5) is 5.69 Å². The second kappa shape index (κ2) is 12.0. The molecule has 1 unspecified atom stereocenters. The van der Waals surface area contributed by atoms with E-state index in [0.717, 1.165) is 16.8 Å². The highest BCUT2D eigenvalue weighted by Gasteiger charge is 2.20. The van der Waals surface area contributed by atoms with Crippen molar-refractivity contribution < 1.29 is 19.1 Å². The molecular formula is C23H28N2O4S. The molecule has 0 aromatic heterocycles. The van der Waals surface area contributed by atoms with Crippen LogP contribution in [0.25, 0.3) is 0 Å². The van der Waals surface area contributed by atoms with Crippen molar-refractivity contribution in [2.24, 2.45) is 0 Å². The van der Waals surface area contributed by atoms with Gasteiger partial charge < -0.3 is 15.4 Å². The maximum atomic E-state index is 12.4. The molecule has 0 saturated carbocycles. The maximum absolute atomic E-state index is 12.4. The van der Waals surface area contributed by atoms with Crippen LogP contribution in [-0.2, 0) is 19.1 Å². The normalized spacial score (nSPS) is 11.6. The molecule has 0 radical (unpaired) electrons. The first-order chi connectivity index (χ1) is 14.3. The van der Waals surface area contributed by atoms with E-state index < -0.39 is 6.04 Å². The van der Waals surface area contributed by atoms with E-state index >= 15 is 0 Å². The van der Waals surface area contributed by atoms with Crippen molar-refractivity contribution in [2.45, 2.75) is 39.3 Å². The zero-order valence-electron chi connectivity index (χ0n) is 17.5. The predicted molar refractivity (Wildman–Crippen MR) is 120 cm³/mol. The zero-order valence-corrected chi connectivity index (χ0v) is 18.3. The molecule has 0 saturated heterocycles. The summed E-state index contributed by atoms with van der Waals surface area (Å²) in [5, 5.41) is 5.69. The first kappa shape index (κ1) is 23.5. The highest BCUT2D eigenvalue weighted by Crippen LogP contribution is 2.18. The number of ether oxygens (including phenoxy) is 1. The first-order valence-corrected chi connectivity index (χ1v) is 11.0. The van der Waals surface area contributed by atoms with Crippen LogP contribution in [-0.4, -0.2) is 35.4 Å². The van der Waals surface area contributed by atoms with Gasteiger partial charge in [0.1, 0.15) is 0 Å². The van der Waals surface area contributed by atoms with Gasteiger partial charge in [0.05, 0.1) is 30.1 Å². The first-order valence-electron chi connectivity index (χ1n) is 9.81. The Bertz CT molecular complexity index is 855. The van der Waals surface area contributed by atoms with Crippen LogP contribution in [0.1, 0.15) is 37.4 Å². The van der Waals surface area contributed by atoms with Gasteiger partial charge in [0, 0.05) is 5.69 Å². The van der Waals surface area contributed by atoms with Gasteiger partial charge in [0.15, 0.2) is 0 Å². The second-order valence-corrected chi connectivity index (χ2v) is 8.17. The van der Waals surface area contributed by atoms with Gasteiger partial charge in [-0.2, -0.15) is 0 Å². The molecule has 7 heteroatoms. The lowest BCUT2D eigenvalue weighted by molar-refractivity contribution is -0.148. The Morgan fingerprint density at radius 3 is 2.33 bits per heavy atom. The summed E-state index contributed by atoms with van der Waals surface area (Å²) in [6.07, 6.45) is -0.168. The van der Waals surface area contributed by atoms with Crippen LogP contribution in [0, 0.1) is 6.92 Å². The molecule has 0 heterocycles. The van der Waals surface area contributed by atoms with Crippen molar-refractivity contribution in [2.75, 3.05) is 16.8 Å². The van der Waals surface area contributed by atoms with E-state index in [1.807, 2.05) is 61.5 Å². The number of anilines is 1. The molecule has 2 aromatic rings. The SMILES string of the molecule is Cc1cccc(NC(=O)CSCC(=O)NC(CC(=O)OC(C)C)c2ccccc2)c1. The molecule has 0 aliphatic carbocycles. The molecule has 2 aromatic carbocycles. The zero-order chi connectivity index (χ0) is 21.9. The van der Waals surface area contributed by atoms with Gasteiger partial charge in [-0.1, -0.05) is 42.5 Å². The second-order valence-electron chi connectivity index (χ2n) is 7.18. The van der Waals surface area contributed by atoms with E-state index in [-0.39, 0.29) is 41.8 Å². The number of hydrogen-bond acceptors (Lipinski definition) is 5. The molecule has 6 nitrogen and oxygen atoms in total. The molecule has 160 valence electrons. The summed E-state index contributed by atoms with van der Waals surface area (Å²) in [7, 11) is 0. The Kier molecular flexibility index (Phi) is 9.41. The van der Waals surface area contributed by atoms with Crippen molar-refractivity contribution in [3.05, 3.63) is 65.7 Å². The summed E-state index contributed by atoms with van der Waals surface area (Å²) < 4.78 is 5.21. The summed E-state index contributed by atoms with van der Waals surface area (Å²) in [5.41, 5.74) is 2.62. The summed E-state index contributed by atoms with van der Waals surface area (Å²) in [4.78, 5) is 36.6. The molecule has 2 amide bonds. The number of carbonyl (C=O) groups excluding carboxylic acids is 3. The fourth-order valence-electron chi connectivity index (χ4n) is 2.81. The highest BCUT2D eigenvalue weighted by atomic mass is 32.2. The van der Waals surface area contributed by atoms with Gasteiger partial charge in [-0.15, -0.1) is 11.8 Å². The molecule has 0 spiro atoms. The topological polar surface area (TPSA) is 84.5 Å². The predicted octanol–water partition coefficient (Wildman–Crippen LogP) is 3.87. The van der Waals surface area contributed by atoms with Crippen molar-refractivity contribution in [3.8, 4) is 0 Å². The van der Waals surface area contributed by atoms with E-state index in [0.29, 0.717) is 0 Å². The van der Waals surface area contributed by atoms with Crippen LogP contribution in [0.3, 0.4) is 0 Å². The van der Waals surface area contributed by atoms with E-state index in [1.54, 1.807) is 13.8 Å². The van der Waals surface area contributed by atoms with E-state index in [4.69, 9.17) is 4.74 Å². The van der Waals surface area contributed by atoms with Crippen molar-refractivity contribution in [1.82, 2.24) is 5.32 Å². The minimum atomic E-state index is -0.480. The lowest BCUT2D eigenvalue weighted by atomic mass is 10.0. The van der Waals surface area contributed by atoms with Crippen LogP contribution < -0.4 is 10.6 Å². The Labute approximate surface area is 181 Å². The van der Waals surface area contributed by atoms with E-state index in [9.17, 15) is 14.4 Å². The number of aryl methyl sites for hydroxylation is 1. The maximum Gasteiger partial charge on any atom is 0.308 e. The Morgan fingerprint density at radius 2 is 1.67 bits per heavy atom. The Balaban J connectivity index is 1.84. The van der Waals surface area contributed by atoms with Gasteiger partial charge in [-0.3, -0.25) is 14.4 Å². The molecule has 0 aliphatic heterocycles. The average Bonchev–Trinajstić information content (AvgIpc) is 2.67. The summed E-state index contributed by atoms with van der Waals surface area (Å²) in [6.45, 7) is 5.52. The number of amides is 2. The van der Waals surface area contributed by atoms with Crippen molar-refractivity contribution >= 4 is 35.2 Å². The quantitative estimate of drug-likeness (QED) is 0.561. The lowest BCUT2D eigenvalue weighted by Crippen LogP contribution is -2.32. The van der Waals surface area contributed by atoms with Crippen LogP contribution in [0.2, 0.25) is 0 Å². The molecule has 0 aliphatic rings. The molecule has 30 heavy (non-hydrogen) atoms. The third-order valence-electron chi connectivity index (χ3n) is 4.04. The smallest absolute Gasteiger partial charge is 0.308 e. The summed E-state index contributed by atoms with van der Waals surface area (Å²) >= 11 is 1.22. The van der Waals surface area contributed by atoms with Crippen molar-refractivity contribution in [1.29, 1.82) is 0 Å². The number of rotatable bonds is 10. The number of benzene rings is 2. The summed E-state index contributed by atoms with van der Waals surface area (Å²) in [6, 6.07) is 16.3. The highest BCUT2D eigenvalue weighted by molar-refractivity contribution is 8.00. The third-order valence-corrected chi connectivity index (χ3v) is 4.98. The van der Waals surface area contributed by atoms with Crippen molar-refractivity contribution in [3.63, 3.8) is 0 Å². The van der Waals surface area contributed by atoms with Gasteiger partial charge in [-0.05, 0) is 44.0 Å². The molecular weight excluding hydrogens is 400 g/mol. The molecule has 2 rings (SSSR count). The number of carbonyl (C=O) groups is 3. The molecule has 0 bridgehead atoms. The minimum Gasteiger partial charge on any atom is -0.463 e. The average molecular weight is 429 g/mol. The fraction of sp³-hybridized carbons (Fsp3) is 0.348. The number of nitrogens with one attached hydrogen (secondary N) is 2. The van der Waals surface area contributed by atoms with Gasteiger partial charge >= 0.3 is 5.97 Å². The van der Waals surface area contributed by atoms with Gasteiger partial charge in [-0.25, -0.2) is 0 Å². The Hall–Kier alpha value is -2.80. The monoisotopic (exact) mass is 428 g/mol. The largest absolute Gasteiger partial charge is 0.463 e. The summed E-state index contributed by atoms with van der Waals surface area (Å²) in [5.74, 6) is -0.506. The van der Waals surface area contributed by atoms with Crippen LogP contribution >= 0.6 is 11.8 Å². The minimum absolute atomic E-state index is 0.0481. The molecule has 0 fully saturated rings. The van der Waals surface area contributed by atoms with Gasteiger partial charge in [0.25, 0.3) is 0 Å². The van der Waals surface area contributed by atoms with Gasteiger partial charge in [0.2, 0.25) is 11.8 Å². The van der Waals surface area contributed by atoms with E-state index in [1.165, 1.54) is 11.8 Å². The van der Waals surface area contributed by atoms with Crippen LogP contribution in [0.15, 0.2) is 54.6 Å². The third kappa shape index (κ3) is 8.69. The molecule has 1 atom stereocenters. The van der Waals surface area contributed by atoms with E-state index in [2.05, 4.69) is 10.6 Å². The Morgan fingerprint density at radius 1 is 0.967 bits per heavy atom. The number of esters is 1. The van der Waals surface area contributed by atoms with Crippen LogP contribution in [0.5, 0.6) is 0 Å². The fourth-order valence-corrected chi connectivity index (χ4v) is 3.44. The molecule has 2 N–H and O–H groups in total. The lowest BCUT2D eigenvalue weighted by Gasteiger charge is -2.19. The number of thioether (sulfide) groups is 1.